The number of hydrogen-bond donors (Lipinski definition) is 0. The molecule has 0 radical (unpaired) electrons. The van der Waals surface area contributed by atoms with Gasteiger partial charge in [-0.05, 0) is 65.3 Å². The summed E-state index contributed by atoms with van der Waals surface area (Å²) in [6, 6.07) is 27.8. The summed E-state index contributed by atoms with van der Waals surface area (Å²) in [5.41, 5.74) is 8.05. The van der Waals surface area contributed by atoms with Gasteiger partial charge in [-0.1, -0.05) is 54.6 Å². The fourth-order valence-corrected chi connectivity index (χ4v) is 4.61. The molecule has 3 heterocycles. The Morgan fingerprint density at radius 1 is 0.636 bits per heavy atom. The minimum Gasteiger partial charge on any atom is -0.264 e. The Morgan fingerprint density at radius 3 is 2.52 bits per heavy atom. The van der Waals surface area contributed by atoms with E-state index in [-0.39, 0.29) is 0 Å². The quantitative estimate of drug-likeness (QED) is 0.311. The third kappa shape index (κ3) is 3.83. The van der Waals surface area contributed by atoms with Gasteiger partial charge in [-0.15, -0.1) is 0 Å². The Labute approximate surface area is 192 Å². The van der Waals surface area contributed by atoms with E-state index in [1.54, 1.807) is 0 Å². The van der Waals surface area contributed by atoms with E-state index >= 15 is 0 Å². The molecule has 0 aliphatic rings. The molecule has 0 bridgehead atoms. The van der Waals surface area contributed by atoms with E-state index in [9.17, 15) is 0 Å². The Balaban J connectivity index is 1.28. The van der Waals surface area contributed by atoms with Crippen molar-refractivity contribution in [3.8, 4) is 0 Å². The molecule has 0 fully saturated rings. The van der Waals surface area contributed by atoms with Crippen LogP contribution < -0.4 is 0 Å². The maximum absolute atomic E-state index is 4.82. The summed E-state index contributed by atoms with van der Waals surface area (Å²) in [5.74, 6) is 0. The highest BCUT2D eigenvalue weighted by Gasteiger charge is 2.07. The zero-order valence-electron chi connectivity index (χ0n) is 18.5. The molecule has 33 heavy (non-hydrogen) atoms. The monoisotopic (exact) mass is 425 g/mol. The van der Waals surface area contributed by atoms with Gasteiger partial charge in [0.15, 0.2) is 0 Å². The molecule has 0 saturated carbocycles. The molecule has 0 aliphatic carbocycles. The number of fused-ring (bicyclic) bond motifs is 3. The van der Waals surface area contributed by atoms with Crippen molar-refractivity contribution in [2.75, 3.05) is 0 Å². The summed E-state index contributed by atoms with van der Waals surface area (Å²) in [4.78, 5) is 14.0. The molecule has 0 amide bonds. The van der Waals surface area contributed by atoms with E-state index in [0.29, 0.717) is 0 Å². The van der Waals surface area contributed by atoms with Gasteiger partial charge in [-0.25, -0.2) is 0 Å². The van der Waals surface area contributed by atoms with Crippen LogP contribution in [0.1, 0.15) is 27.9 Å². The normalized spacial score (nSPS) is 11.4. The van der Waals surface area contributed by atoms with Crippen molar-refractivity contribution in [2.45, 2.75) is 19.8 Å². The van der Waals surface area contributed by atoms with Gasteiger partial charge >= 0.3 is 0 Å². The van der Waals surface area contributed by atoms with Crippen molar-refractivity contribution in [3.63, 3.8) is 0 Å². The Hall–Kier alpha value is -4.11. The van der Waals surface area contributed by atoms with Crippen LogP contribution in [0.15, 0.2) is 97.5 Å². The summed E-state index contributed by atoms with van der Waals surface area (Å²) in [7, 11) is 0. The van der Waals surface area contributed by atoms with Crippen molar-refractivity contribution in [1.82, 2.24) is 15.0 Å². The van der Waals surface area contributed by atoms with Crippen molar-refractivity contribution in [3.05, 3.63) is 125 Å². The minimum atomic E-state index is 0.798. The standard InChI is InChI=1S/C30H23N3/c1-20-17-31-19-28-24(6-4-7-27(20)28)13-22-14-25-10-9-21(16-30(25)32-18-22)15-26-12-11-23-5-2-3-8-29(23)33-26/h2-12,14,16-19H,13,15H2,1H3. The van der Waals surface area contributed by atoms with Gasteiger partial charge in [0, 0.05) is 46.9 Å². The van der Waals surface area contributed by atoms with Crippen molar-refractivity contribution < 1.29 is 0 Å². The number of benzene rings is 3. The first-order valence-electron chi connectivity index (χ1n) is 11.3. The summed E-state index contributed by atoms with van der Waals surface area (Å²) >= 11 is 0. The second-order valence-electron chi connectivity index (χ2n) is 8.69. The first-order valence-corrected chi connectivity index (χ1v) is 11.3. The summed E-state index contributed by atoms with van der Waals surface area (Å²) in [6.07, 6.45) is 7.54. The van der Waals surface area contributed by atoms with Gasteiger partial charge in [0.2, 0.25) is 0 Å². The van der Waals surface area contributed by atoms with Crippen molar-refractivity contribution in [2.24, 2.45) is 0 Å². The molecule has 3 aromatic carbocycles. The van der Waals surface area contributed by atoms with E-state index in [2.05, 4.69) is 78.6 Å². The van der Waals surface area contributed by atoms with E-state index in [0.717, 1.165) is 35.0 Å². The number of para-hydroxylation sites is 1. The lowest BCUT2D eigenvalue weighted by molar-refractivity contribution is 1.10. The third-order valence-corrected chi connectivity index (χ3v) is 6.33. The fraction of sp³-hybridized carbons (Fsp3) is 0.100. The molecule has 3 nitrogen and oxygen atoms in total. The van der Waals surface area contributed by atoms with Crippen LogP contribution >= 0.6 is 0 Å². The highest BCUT2D eigenvalue weighted by atomic mass is 14.7. The number of aryl methyl sites for hydroxylation is 1. The Morgan fingerprint density at radius 2 is 1.55 bits per heavy atom. The van der Waals surface area contributed by atoms with Gasteiger partial charge in [0.05, 0.1) is 11.0 Å². The zero-order valence-corrected chi connectivity index (χ0v) is 18.5. The van der Waals surface area contributed by atoms with E-state index in [4.69, 9.17) is 9.97 Å². The number of rotatable bonds is 4. The van der Waals surface area contributed by atoms with Gasteiger partial charge in [-0.3, -0.25) is 15.0 Å². The molecule has 0 spiro atoms. The third-order valence-electron chi connectivity index (χ3n) is 6.33. The lowest BCUT2D eigenvalue weighted by atomic mass is 9.98. The van der Waals surface area contributed by atoms with Gasteiger partial charge < -0.3 is 0 Å². The first-order chi connectivity index (χ1) is 16.2. The summed E-state index contributed by atoms with van der Waals surface area (Å²) < 4.78 is 0. The number of hydrogen-bond acceptors (Lipinski definition) is 3. The summed E-state index contributed by atoms with van der Waals surface area (Å²) in [6.45, 7) is 2.11. The van der Waals surface area contributed by atoms with Gasteiger partial charge in [0.25, 0.3) is 0 Å². The van der Waals surface area contributed by atoms with Crippen LogP contribution in [0.25, 0.3) is 32.6 Å². The molecular weight excluding hydrogens is 402 g/mol. The maximum atomic E-state index is 4.82. The van der Waals surface area contributed by atoms with Crippen molar-refractivity contribution in [1.29, 1.82) is 0 Å². The van der Waals surface area contributed by atoms with Crippen LogP contribution in [0.4, 0.5) is 0 Å². The van der Waals surface area contributed by atoms with E-state index < -0.39 is 0 Å². The Bertz CT molecular complexity index is 1640. The lowest BCUT2D eigenvalue weighted by Crippen LogP contribution is -1.95. The van der Waals surface area contributed by atoms with Crippen LogP contribution in [-0.4, -0.2) is 15.0 Å². The molecule has 0 atom stereocenters. The Kier molecular flexibility index (Phi) is 4.80. The number of nitrogens with zero attached hydrogens (tertiary/aromatic N) is 3. The SMILES string of the molecule is Cc1cncc2c(Cc3cnc4cc(Cc5ccc6ccccc6n5)ccc4c3)cccc12. The van der Waals surface area contributed by atoms with Crippen LogP contribution in [-0.2, 0) is 12.8 Å². The highest BCUT2D eigenvalue weighted by molar-refractivity contribution is 5.88. The van der Waals surface area contributed by atoms with Crippen LogP contribution in [0.3, 0.4) is 0 Å². The zero-order chi connectivity index (χ0) is 22.2. The fourth-order valence-electron chi connectivity index (χ4n) is 4.61. The molecule has 6 aromatic rings. The highest BCUT2D eigenvalue weighted by Crippen LogP contribution is 2.25. The first kappa shape index (κ1) is 19.6. The van der Waals surface area contributed by atoms with Crippen LogP contribution in [0.2, 0.25) is 0 Å². The summed E-state index contributed by atoms with van der Waals surface area (Å²) in [5, 5.41) is 4.82. The predicted octanol–water partition coefficient (Wildman–Crippen LogP) is 6.82. The number of aromatic nitrogens is 3. The van der Waals surface area contributed by atoms with Crippen molar-refractivity contribution >= 4 is 32.6 Å². The smallest absolute Gasteiger partial charge is 0.0705 e. The molecule has 6 rings (SSSR count). The van der Waals surface area contributed by atoms with Crippen LogP contribution in [0.5, 0.6) is 0 Å². The van der Waals surface area contributed by atoms with Gasteiger partial charge in [0.1, 0.15) is 0 Å². The molecule has 0 aliphatic heterocycles. The molecule has 0 N–H and O–H groups in total. The average molecular weight is 426 g/mol. The molecule has 3 heteroatoms. The lowest BCUT2D eigenvalue weighted by Gasteiger charge is -2.09. The predicted molar refractivity (Wildman–Crippen MR) is 136 cm³/mol. The van der Waals surface area contributed by atoms with E-state index in [1.165, 1.54) is 38.4 Å². The molecule has 3 aromatic heterocycles. The second kappa shape index (κ2) is 8.10. The number of pyridine rings is 3. The molecule has 158 valence electrons. The molecule has 0 saturated heterocycles. The topological polar surface area (TPSA) is 38.7 Å². The van der Waals surface area contributed by atoms with Crippen LogP contribution in [0, 0.1) is 6.92 Å². The second-order valence-corrected chi connectivity index (χ2v) is 8.69. The molecule has 0 unspecified atom stereocenters. The average Bonchev–Trinajstić information content (AvgIpc) is 2.85. The van der Waals surface area contributed by atoms with Gasteiger partial charge in [-0.2, -0.15) is 0 Å². The molecular formula is C30H23N3. The maximum Gasteiger partial charge on any atom is 0.0705 e. The minimum absolute atomic E-state index is 0.798. The van der Waals surface area contributed by atoms with E-state index in [1.807, 2.05) is 30.7 Å². The largest absolute Gasteiger partial charge is 0.264 e.